The molecule has 2 heterocycles. The van der Waals surface area contributed by atoms with Crippen molar-refractivity contribution >= 4 is 10.0 Å². The summed E-state index contributed by atoms with van der Waals surface area (Å²) >= 11 is 0. The average molecular weight is 322 g/mol. The van der Waals surface area contributed by atoms with Crippen LogP contribution in [-0.4, -0.2) is 20.0 Å². The minimum atomic E-state index is -3.83. The van der Waals surface area contributed by atoms with Crippen molar-refractivity contribution in [1.29, 1.82) is 0 Å². The third kappa shape index (κ3) is 2.69. The van der Waals surface area contributed by atoms with Crippen molar-refractivity contribution in [2.45, 2.75) is 24.3 Å². The summed E-state index contributed by atoms with van der Waals surface area (Å²) in [6.45, 7) is 2.01. The smallest absolute Gasteiger partial charge is 0.244 e. The number of nitrogens with one attached hydrogen (secondary N) is 1. The van der Waals surface area contributed by atoms with Crippen LogP contribution in [0.2, 0.25) is 0 Å². The van der Waals surface area contributed by atoms with Gasteiger partial charge in [0.25, 0.3) is 0 Å². The Bertz CT molecular complexity index is 808. The summed E-state index contributed by atoms with van der Waals surface area (Å²) in [6.07, 6.45) is 2.11. The van der Waals surface area contributed by atoms with Crippen LogP contribution in [0.3, 0.4) is 0 Å². The Kier molecular flexibility index (Phi) is 3.84. The molecule has 22 heavy (non-hydrogen) atoms. The van der Waals surface area contributed by atoms with Crippen LogP contribution < -0.4 is 9.46 Å². The summed E-state index contributed by atoms with van der Waals surface area (Å²) in [7, 11) is -3.83. The van der Waals surface area contributed by atoms with E-state index in [0.717, 1.165) is 5.56 Å². The van der Waals surface area contributed by atoms with E-state index < -0.39 is 21.9 Å². The molecule has 0 saturated carbocycles. The van der Waals surface area contributed by atoms with Crippen molar-refractivity contribution in [2.75, 3.05) is 6.61 Å². The zero-order valence-corrected chi connectivity index (χ0v) is 12.7. The molecule has 0 unspecified atom stereocenters. The van der Waals surface area contributed by atoms with Gasteiger partial charge >= 0.3 is 0 Å². The number of halogens is 1. The molecule has 1 aliphatic heterocycles. The molecule has 1 N–H and O–H groups in total. The molecule has 1 atom stereocenters. The molecule has 1 aromatic heterocycles. The lowest BCUT2D eigenvalue weighted by Gasteiger charge is -2.15. The molecule has 1 aromatic carbocycles. The Hall–Kier alpha value is -1.99. The summed E-state index contributed by atoms with van der Waals surface area (Å²) in [5, 5.41) is 0. The molecule has 3 rings (SSSR count). The molecule has 2 aromatic rings. The molecule has 1 aliphatic rings. The van der Waals surface area contributed by atoms with Crippen molar-refractivity contribution < 1.29 is 17.5 Å². The minimum Gasteiger partial charge on any atom is -0.492 e. The summed E-state index contributed by atoms with van der Waals surface area (Å²) in [6, 6.07) is 6.91. The molecular formula is C15H15FN2O3S. The van der Waals surface area contributed by atoms with Crippen LogP contribution >= 0.6 is 0 Å². The Labute approximate surface area is 128 Å². The molecule has 0 saturated heterocycles. The standard InChI is InChI=1S/C15H15FN2O3S/c1-10(14-12(16)5-3-8-17-14)18-22(19,20)13-6-2-4-11-7-9-21-15(11)13/h2-6,8,10,18H,7,9H2,1H3/t10-/m0/s1. The zero-order chi connectivity index (χ0) is 15.7. The van der Waals surface area contributed by atoms with Gasteiger partial charge in [-0.3, -0.25) is 4.98 Å². The first-order chi connectivity index (χ1) is 10.5. The van der Waals surface area contributed by atoms with E-state index in [1.54, 1.807) is 13.0 Å². The summed E-state index contributed by atoms with van der Waals surface area (Å²) in [5.74, 6) is -0.170. The van der Waals surface area contributed by atoms with Gasteiger partial charge in [0.1, 0.15) is 16.5 Å². The van der Waals surface area contributed by atoms with E-state index in [2.05, 4.69) is 9.71 Å². The lowest BCUT2D eigenvalue weighted by atomic mass is 10.2. The van der Waals surface area contributed by atoms with E-state index >= 15 is 0 Å². The highest BCUT2D eigenvalue weighted by atomic mass is 32.2. The number of hydrogen-bond donors (Lipinski definition) is 1. The molecule has 0 bridgehead atoms. The normalized spacial score (nSPS) is 15.2. The van der Waals surface area contributed by atoms with E-state index in [0.29, 0.717) is 18.8 Å². The van der Waals surface area contributed by atoms with Gasteiger partial charge in [0.05, 0.1) is 18.3 Å². The SMILES string of the molecule is C[C@H](NS(=O)(=O)c1cccc2c1OCC2)c1ncccc1F. The highest BCUT2D eigenvalue weighted by Crippen LogP contribution is 2.33. The summed E-state index contributed by atoms with van der Waals surface area (Å²) in [5.41, 5.74) is 0.916. The van der Waals surface area contributed by atoms with Crippen molar-refractivity contribution in [3.63, 3.8) is 0 Å². The molecule has 0 fully saturated rings. The van der Waals surface area contributed by atoms with Gasteiger partial charge in [0.2, 0.25) is 10.0 Å². The molecule has 0 spiro atoms. The van der Waals surface area contributed by atoms with Gasteiger partial charge in [0.15, 0.2) is 0 Å². The van der Waals surface area contributed by atoms with Crippen molar-refractivity contribution in [1.82, 2.24) is 9.71 Å². The van der Waals surface area contributed by atoms with Crippen molar-refractivity contribution in [3.05, 3.63) is 53.6 Å². The maximum Gasteiger partial charge on any atom is 0.244 e. The van der Waals surface area contributed by atoms with E-state index in [1.807, 2.05) is 6.07 Å². The lowest BCUT2D eigenvalue weighted by Crippen LogP contribution is -2.28. The highest BCUT2D eigenvalue weighted by molar-refractivity contribution is 7.89. The monoisotopic (exact) mass is 322 g/mol. The Morgan fingerprint density at radius 3 is 2.91 bits per heavy atom. The molecule has 5 nitrogen and oxygen atoms in total. The number of para-hydroxylation sites is 1. The Morgan fingerprint density at radius 2 is 2.14 bits per heavy atom. The number of fused-ring (bicyclic) bond motifs is 1. The van der Waals surface area contributed by atoms with Gasteiger partial charge in [-0.1, -0.05) is 12.1 Å². The number of hydrogen-bond acceptors (Lipinski definition) is 4. The third-order valence-electron chi connectivity index (χ3n) is 3.50. The Morgan fingerprint density at radius 1 is 1.32 bits per heavy atom. The summed E-state index contributed by atoms with van der Waals surface area (Å²) in [4.78, 5) is 3.97. The van der Waals surface area contributed by atoms with Crippen molar-refractivity contribution in [3.8, 4) is 5.75 Å². The van der Waals surface area contributed by atoms with E-state index in [-0.39, 0.29) is 10.6 Å². The first kappa shape index (κ1) is 14.9. The van der Waals surface area contributed by atoms with Gasteiger partial charge in [-0.15, -0.1) is 0 Å². The number of ether oxygens (including phenoxy) is 1. The van der Waals surface area contributed by atoms with Crippen molar-refractivity contribution in [2.24, 2.45) is 0 Å². The van der Waals surface area contributed by atoms with Crippen LogP contribution in [0.1, 0.15) is 24.2 Å². The maximum absolute atomic E-state index is 13.7. The molecule has 0 radical (unpaired) electrons. The molecule has 0 aliphatic carbocycles. The highest BCUT2D eigenvalue weighted by Gasteiger charge is 2.27. The van der Waals surface area contributed by atoms with Crippen LogP contribution in [0.25, 0.3) is 0 Å². The fourth-order valence-corrected chi connectivity index (χ4v) is 3.86. The van der Waals surface area contributed by atoms with Gasteiger partial charge in [-0.25, -0.2) is 17.5 Å². The first-order valence-electron chi connectivity index (χ1n) is 6.86. The van der Waals surface area contributed by atoms with Gasteiger partial charge < -0.3 is 4.74 Å². The van der Waals surface area contributed by atoms with E-state index in [1.165, 1.54) is 24.4 Å². The number of rotatable bonds is 4. The predicted octanol–water partition coefficient (Wildman–Crippen LogP) is 2.20. The largest absolute Gasteiger partial charge is 0.492 e. The van der Waals surface area contributed by atoms with Gasteiger partial charge in [0, 0.05) is 12.6 Å². The van der Waals surface area contributed by atoms with E-state index in [4.69, 9.17) is 4.74 Å². The number of pyridine rings is 1. The van der Waals surface area contributed by atoms with Crippen LogP contribution in [0, 0.1) is 5.82 Å². The molecule has 116 valence electrons. The second kappa shape index (κ2) is 5.66. The topological polar surface area (TPSA) is 68.3 Å². The Balaban J connectivity index is 1.92. The molecule has 0 amide bonds. The zero-order valence-electron chi connectivity index (χ0n) is 11.9. The summed E-state index contributed by atoms with van der Waals surface area (Å²) < 4.78 is 46.7. The van der Waals surface area contributed by atoms with Crippen LogP contribution in [-0.2, 0) is 16.4 Å². The average Bonchev–Trinajstić information content (AvgIpc) is 2.95. The van der Waals surface area contributed by atoms with Gasteiger partial charge in [-0.2, -0.15) is 0 Å². The maximum atomic E-state index is 13.7. The van der Waals surface area contributed by atoms with Gasteiger partial charge in [-0.05, 0) is 30.7 Å². The van der Waals surface area contributed by atoms with E-state index in [9.17, 15) is 12.8 Å². The minimum absolute atomic E-state index is 0.0552. The fraction of sp³-hybridized carbons (Fsp3) is 0.267. The second-order valence-electron chi connectivity index (χ2n) is 5.06. The van der Waals surface area contributed by atoms with Crippen LogP contribution in [0.15, 0.2) is 41.4 Å². The molecular weight excluding hydrogens is 307 g/mol. The predicted molar refractivity (Wildman–Crippen MR) is 78.6 cm³/mol. The fourth-order valence-electron chi connectivity index (χ4n) is 2.47. The lowest BCUT2D eigenvalue weighted by molar-refractivity contribution is 0.348. The van der Waals surface area contributed by atoms with Crippen LogP contribution in [0.5, 0.6) is 5.75 Å². The number of nitrogens with zero attached hydrogens (tertiary/aromatic N) is 1. The quantitative estimate of drug-likeness (QED) is 0.937. The first-order valence-corrected chi connectivity index (χ1v) is 8.35. The molecule has 7 heteroatoms. The number of benzene rings is 1. The third-order valence-corrected chi connectivity index (χ3v) is 5.06. The van der Waals surface area contributed by atoms with Crippen LogP contribution in [0.4, 0.5) is 4.39 Å². The second-order valence-corrected chi connectivity index (χ2v) is 6.74. The number of sulfonamides is 1. The number of aromatic nitrogens is 1.